The quantitative estimate of drug-likeness (QED) is 0.850. The molecule has 0 aliphatic carbocycles. The Bertz CT molecular complexity index is 418. The third kappa shape index (κ3) is 4.72. The number of aryl methyl sites for hydroxylation is 1. The van der Waals surface area contributed by atoms with Gasteiger partial charge in [-0.05, 0) is 48.7 Å². The van der Waals surface area contributed by atoms with Crippen LogP contribution in [0.15, 0.2) is 0 Å². The van der Waals surface area contributed by atoms with Gasteiger partial charge in [-0.25, -0.2) is 4.68 Å². The summed E-state index contributed by atoms with van der Waals surface area (Å²) in [5.74, 6) is 1.56. The zero-order valence-electron chi connectivity index (χ0n) is 12.1. The van der Waals surface area contributed by atoms with Crippen molar-refractivity contribution in [3.8, 4) is 0 Å². The van der Waals surface area contributed by atoms with Crippen molar-refractivity contribution in [1.82, 2.24) is 30.4 Å². The molecule has 1 aromatic heterocycles. The van der Waals surface area contributed by atoms with Gasteiger partial charge in [-0.15, -0.1) is 17.5 Å². The predicted molar refractivity (Wildman–Crippen MR) is 77.3 cm³/mol. The Labute approximate surface area is 125 Å². The van der Waals surface area contributed by atoms with Gasteiger partial charge < -0.3 is 10.2 Å². The number of carbonyl (C=O) groups is 1. The molecular weight excluding hydrogens is 280 g/mol. The van der Waals surface area contributed by atoms with Crippen molar-refractivity contribution >= 4 is 18.3 Å². The SMILES string of the molecule is CN(Cc1nnnn1C)C(=O)CCC1CCNCC1.Cl. The molecule has 20 heavy (non-hydrogen) atoms. The van der Waals surface area contributed by atoms with Gasteiger partial charge in [-0.1, -0.05) is 0 Å². The summed E-state index contributed by atoms with van der Waals surface area (Å²) >= 11 is 0. The van der Waals surface area contributed by atoms with Gasteiger partial charge in [0.25, 0.3) is 0 Å². The Kier molecular flexibility index (Phi) is 6.87. The van der Waals surface area contributed by atoms with E-state index in [4.69, 9.17) is 0 Å². The fourth-order valence-electron chi connectivity index (χ4n) is 2.37. The Morgan fingerprint density at radius 1 is 1.45 bits per heavy atom. The Morgan fingerprint density at radius 2 is 2.15 bits per heavy atom. The van der Waals surface area contributed by atoms with Crippen LogP contribution in [-0.2, 0) is 18.4 Å². The molecule has 2 rings (SSSR count). The molecule has 1 aliphatic heterocycles. The van der Waals surface area contributed by atoms with Crippen LogP contribution in [0.25, 0.3) is 0 Å². The third-order valence-corrected chi connectivity index (χ3v) is 3.74. The molecule has 1 saturated heterocycles. The van der Waals surface area contributed by atoms with E-state index in [9.17, 15) is 4.79 Å². The van der Waals surface area contributed by atoms with Crippen molar-refractivity contribution in [3.63, 3.8) is 0 Å². The highest BCUT2D eigenvalue weighted by atomic mass is 35.5. The molecule has 1 fully saturated rings. The second-order valence-corrected chi connectivity index (χ2v) is 5.20. The van der Waals surface area contributed by atoms with Crippen LogP contribution in [0.3, 0.4) is 0 Å². The van der Waals surface area contributed by atoms with Gasteiger partial charge in [0.05, 0.1) is 6.54 Å². The molecule has 0 saturated carbocycles. The van der Waals surface area contributed by atoms with Crippen molar-refractivity contribution in [2.24, 2.45) is 13.0 Å². The van der Waals surface area contributed by atoms with Crippen molar-refractivity contribution < 1.29 is 4.79 Å². The van der Waals surface area contributed by atoms with E-state index in [1.807, 2.05) is 0 Å². The van der Waals surface area contributed by atoms with Crippen LogP contribution in [-0.4, -0.2) is 51.2 Å². The van der Waals surface area contributed by atoms with Crippen LogP contribution in [0.4, 0.5) is 0 Å². The van der Waals surface area contributed by atoms with E-state index < -0.39 is 0 Å². The first kappa shape index (κ1) is 16.8. The first-order chi connectivity index (χ1) is 9.16. The number of aromatic nitrogens is 4. The van der Waals surface area contributed by atoms with E-state index in [0.29, 0.717) is 24.7 Å². The second-order valence-electron chi connectivity index (χ2n) is 5.20. The topological polar surface area (TPSA) is 75.9 Å². The first-order valence-electron chi connectivity index (χ1n) is 6.82. The van der Waals surface area contributed by atoms with Gasteiger partial charge in [0.2, 0.25) is 5.91 Å². The summed E-state index contributed by atoms with van der Waals surface area (Å²) in [6, 6.07) is 0. The molecule has 0 spiro atoms. The van der Waals surface area contributed by atoms with Crippen molar-refractivity contribution in [2.75, 3.05) is 20.1 Å². The summed E-state index contributed by atoms with van der Waals surface area (Å²) in [5, 5.41) is 14.6. The number of halogens is 1. The summed E-state index contributed by atoms with van der Waals surface area (Å²) in [5.41, 5.74) is 0. The summed E-state index contributed by atoms with van der Waals surface area (Å²) in [7, 11) is 3.59. The molecule has 0 aromatic carbocycles. The lowest BCUT2D eigenvalue weighted by atomic mass is 9.93. The van der Waals surface area contributed by atoms with Gasteiger partial charge in [0, 0.05) is 20.5 Å². The number of piperidine rings is 1. The fraction of sp³-hybridized carbons (Fsp3) is 0.833. The van der Waals surface area contributed by atoms with E-state index >= 15 is 0 Å². The molecule has 0 bridgehead atoms. The Balaban J connectivity index is 0.00000200. The summed E-state index contributed by atoms with van der Waals surface area (Å²) in [4.78, 5) is 13.8. The minimum Gasteiger partial charge on any atom is -0.338 e. The highest BCUT2D eigenvalue weighted by Crippen LogP contribution is 2.18. The van der Waals surface area contributed by atoms with E-state index in [1.54, 1.807) is 23.7 Å². The lowest BCUT2D eigenvalue weighted by Gasteiger charge is -2.23. The number of nitrogens with one attached hydrogen (secondary N) is 1. The molecule has 1 aromatic rings. The number of hydrogen-bond donors (Lipinski definition) is 1. The largest absolute Gasteiger partial charge is 0.338 e. The smallest absolute Gasteiger partial charge is 0.222 e. The van der Waals surface area contributed by atoms with Gasteiger partial charge in [-0.3, -0.25) is 4.79 Å². The maximum atomic E-state index is 12.1. The average molecular weight is 303 g/mol. The van der Waals surface area contributed by atoms with Gasteiger partial charge in [0.1, 0.15) is 0 Å². The molecule has 0 unspecified atom stereocenters. The number of rotatable bonds is 5. The Morgan fingerprint density at radius 3 is 2.75 bits per heavy atom. The molecule has 0 radical (unpaired) electrons. The Hall–Kier alpha value is -1.21. The molecule has 8 heteroatoms. The molecule has 2 heterocycles. The van der Waals surface area contributed by atoms with E-state index in [0.717, 1.165) is 19.5 Å². The van der Waals surface area contributed by atoms with Crippen LogP contribution in [0.2, 0.25) is 0 Å². The number of hydrogen-bond acceptors (Lipinski definition) is 5. The lowest BCUT2D eigenvalue weighted by molar-refractivity contribution is -0.130. The zero-order chi connectivity index (χ0) is 13.7. The maximum absolute atomic E-state index is 12.1. The number of amides is 1. The highest BCUT2D eigenvalue weighted by molar-refractivity contribution is 5.85. The molecule has 1 aliphatic rings. The van der Waals surface area contributed by atoms with Gasteiger partial charge in [-0.2, -0.15) is 0 Å². The highest BCUT2D eigenvalue weighted by Gasteiger charge is 2.17. The van der Waals surface area contributed by atoms with Crippen LogP contribution in [0, 0.1) is 5.92 Å². The minimum atomic E-state index is 0. The minimum absolute atomic E-state index is 0. The number of carbonyl (C=O) groups excluding carboxylic acids is 1. The van der Waals surface area contributed by atoms with Crippen LogP contribution >= 0.6 is 12.4 Å². The molecule has 1 amide bonds. The first-order valence-corrected chi connectivity index (χ1v) is 6.82. The maximum Gasteiger partial charge on any atom is 0.222 e. The molecular formula is C12H23ClN6O. The van der Waals surface area contributed by atoms with E-state index in [1.165, 1.54) is 12.8 Å². The van der Waals surface area contributed by atoms with Crippen molar-refractivity contribution in [1.29, 1.82) is 0 Å². The molecule has 0 atom stereocenters. The fourth-order valence-corrected chi connectivity index (χ4v) is 2.37. The van der Waals surface area contributed by atoms with Crippen LogP contribution in [0.1, 0.15) is 31.5 Å². The summed E-state index contributed by atoms with van der Waals surface area (Å²) in [6.45, 7) is 2.63. The third-order valence-electron chi connectivity index (χ3n) is 3.74. The lowest BCUT2D eigenvalue weighted by Crippen LogP contribution is -2.30. The monoisotopic (exact) mass is 302 g/mol. The second kappa shape index (κ2) is 8.16. The predicted octanol–water partition coefficient (Wildman–Crippen LogP) is 0.370. The van der Waals surface area contributed by atoms with Gasteiger partial charge >= 0.3 is 0 Å². The molecule has 114 valence electrons. The van der Waals surface area contributed by atoms with Crippen LogP contribution < -0.4 is 5.32 Å². The zero-order valence-corrected chi connectivity index (χ0v) is 12.9. The van der Waals surface area contributed by atoms with Crippen molar-refractivity contribution in [2.45, 2.75) is 32.2 Å². The standard InChI is InChI=1S/C12H22N6O.ClH/c1-17(9-11-14-15-16-18(11)2)12(19)4-3-10-5-7-13-8-6-10;/h10,13H,3-9H2,1-2H3;1H. The summed E-state index contributed by atoms with van der Waals surface area (Å²) < 4.78 is 1.59. The summed E-state index contributed by atoms with van der Waals surface area (Å²) in [6.07, 6.45) is 3.97. The molecule has 1 N–H and O–H groups in total. The average Bonchev–Trinajstić information content (AvgIpc) is 2.82. The van der Waals surface area contributed by atoms with E-state index in [-0.39, 0.29) is 18.3 Å². The van der Waals surface area contributed by atoms with Crippen molar-refractivity contribution in [3.05, 3.63) is 5.82 Å². The number of nitrogens with zero attached hydrogens (tertiary/aromatic N) is 5. The van der Waals surface area contributed by atoms with Crippen LogP contribution in [0.5, 0.6) is 0 Å². The number of tetrazole rings is 1. The van der Waals surface area contributed by atoms with E-state index in [2.05, 4.69) is 20.8 Å². The van der Waals surface area contributed by atoms with Gasteiger partial charge in [0.15, 0.2) is 5.82 Å². The normalized spacial score (nSPS) is 15.7. The molecule has 7 nitrogen and oxygen atoms in total.